The molecule has 7 nitrogen and oxygen atoms in total. The van der Waals surface area contributed by atoms with E-state index in [2.05, 4.69) is 15.6 Å². The maximum Gasteiger partial charge on any atom is 0.261 e. The van der Waals surface area contributed by atoms with E-state index in [1.165, 1.54) is 32.4 Å². The van der Waals surface area contributed by atoms with E-state index in [1.54, 1.807) is 24.3 Å². The van der Waals surface area contributed by atoms with Crippen LogP contribution in [0.25, 0.3) is 10.9 Å². The first kappa shape index (κ1) is 18.5. The molecule has 138 valence electrons. The molecule has 0 radical (unpaired) electrons. The third-order valence-corrected chi connectivity index (χ3v) is 4.21. The van der Waals surface area contributed by atoms with Gasteiger partial charge in [-0.25, -0.2) is 0 Å². The summed E-state index contributed by atoms with van der Waals surface area (Å²) in [7, 11) is 1.50. The number of halogens is 1. The number of fused-ring (bicyclic) bond motifs is 1. The Labute approximate surface area is 159 Å². The zero-order chi connectivity index (χ0) is 19.6. The average molecular weight is 386 g/mol. The molecule has 0 aliphatic heterocycles. The summed E-state index contributed by atoms with van der Waals surface area (Å²) in [5, 5.41) is 5.81. The van der Waals surface area contributed by atoms with Gasteiger partial charge in [-0.15, -0.1) is 0 Å². The minimum Gasteiger partial charge on any atom is -0.495 e. The Morgan fingerprint density at radius 1 is 1.15 bits per heavy atom. The highest BCUT2D eigenvalue weighted by atomic mass is 35.5. The molecule has 1 heterocycles. The number of pyridine rings is 1. The first-order valence-electron chi connectivity index (χ1n) is 7.97. The number of para-hydroxylation sites is 1. The van der Waals surface area contributed by atoms with E-state index in [1.807, 2.05) is 0 Å². The fraction of sp³-hybridized carbons (Fsp3) is 0.105. The zero-order valence-electron chi connectivity index (χ0n) is 14.6. The lowest BCUT2D eigenvalue weighted by atomic mass is 10.1. The summed E-state index contributed by atoms with van der Waals surface area (Å²) < 4.78 is 5.22. The Kier molecular flexibility index (Phi) is 5.14. The molecule has 0 fully saturated rings. The van der Waals surface area contributed by atoms with Gasteiger partial charge in [0.25, 0.3) is 5.91 Å². The molecule has 1 aromatic heterocycles. The van der Waals surface area contributed by atoms with Gasteiger partial charge in [0.2, 0.25) is 11.3 Å². The summed E-state index contributed by atoms with van der Waals surface area (Å²) in [5.74, 6) is -0.375. The van der Waals surface area contributed by atoms with Crippen LogP contribution in [-0.4, -0.2) is 23.9 Å². The number of ether oxygens (including phenoxy) is 1. The Morgan fingerprint density at radius 3 is 2.63 bits per heavy atom. The van der Waals surface area contributed by atoms with Gasteiger partial charge in [-0.2, -0.15) is 0 Å². The Balaban J connectivity index is 1.96. The summed E-state index contributed by atoms with van der Waals surface area (Å²) in [6.45, 7) is 1.37. The van der Waals surface area contributed by atoms with E-state index in [0.717, 1.165) is 0 Å². The minimum atomic E-state index is -0.622. The lowest BCUT2D eigenvalue weighted by molar-refractivity contribution is -0.114. The van der Waals surface area contributed by atoms with Crippen molar-refractivity contribution in [1.82, 2.24) is 4.98 Å². The molecule has 0 spiro atoms. The van der Waals surface area contributed by atoms with Crippen molar-refractivity contribution in [3.63, 3.8) is 0 Å². The summed E-state index contributed by atoms with van der Waals surface area (Å²) >= 11 is 6.11. The molecule has 2 amide bonds. The maximum absolute atomic E-state index is 12.7. The minimum absolute atomic E-state index is 0.0725. The number of benzene rings is 2. The number of anilines is 2. The molecule has 3 aromatic rings. The van der Waals surface area contributed by atoms with Gasteiger partial charge in [-0.1, -0.05) is 17.7 Å². The molecular weight excluding hydrogens is 370 g/mol. The molecule has 0 unspecified atom stereocenters. The molecule has 27 heavy (non-hydrogen) atoms. The van der Waals surface area contributed by atoms with Crippen molar-refractivity contribution in [2.45, 2.75) is 6.92 Å². The Morgan fingerprint density at radius 2 is 1.93 bits per heavy atom. The highest BCUT2D eigenvalue weighted by molar-refractivity contribution is 6.34. The predicted octanol–water partition coefficient (Wildman–Crippen LogP) is 3.40. The van der Waals surface area contributed by atoms with Gasteiger partial charge in [0.1, 0.15) is 11.3 Å². The number of nitrogens with one attached hydrogen (secondary N) is 3. The predicted molar refractivity (Wildman–Crippen MR) is 105 cm³/mol. The second-order valence-corrected chi connectivity index (χ2v) is 6.15. The van der Waals surface area contributed by atoms with E-state index in [9.17, 15) is 14.4 Å². The zero-order valence-corrected chi connectivity index (χ0v) is 15.3. The van der Waals surface area contributed by atoms with Crippen molar-refractivity contribution in [1.29, 1.82) is 0 Å². The topological polar surface area (TPSA) is 100 Å². The van der Waals surface area contributed by atoms with Crippen molar-refractivity contribution in [2.75, 3.05) is 17.7 Å². The first-order valence-corrected chi connectivity index (χ1v) is 8.35. The lowest BCUT2D eigenvalue weighted by Gasteiger charge is -2.11. The maximum atomic E-state index is 12.7. The fourth-order valence-corrected chi connectivity index (χ4v) is 2.82. The van der Waals surface area contributed by atoms with Gasteiger partial charge in [-0.3, -0.25) is 14.4 Å². The molecular formula is C19H16ClN3O4. The lowest BCUT2D eigenvalue weighted by Crippen LogP contribution is -2.22. The summed E-state index contributed by atoms with van der Waals surface area (Å²) in [4.78, 5) is 39.4. The number of aromatic nitrogens is 1. The number of carbonyl (C=O) groups excluding carboxylic acids is 2. The molecule has 3 rings (SSSR count). The smallest absolute Gasteiger partial charge is 0.261 e. The molecule has 0 saturated carbocycles. The molecule has 0 saturated heterocycles. The van der Waals surface area contributed by atoms with Gasteiger partial charge >= 0.3 is 0 Å². The second-order valence-electron chi connectivity index (χ2n) is 5.74. The monoisotopic (exact) mass is 385 g/mol. The number of rotatable bonds is 4. The number of H-pyrrole nitrogens is 1. The summed E-state index contributed by atoms with van der Waals surface area (Å²) in [6, 6.07) is 9.65. The van der Waals surface area contributed by atoms with Crippen molar-refractivity contribution in [3.05, 3.63) is 63.4 Å². The molecule has 0 aliphatic carbocycles. The number of hydrogen-bond donors (Lipinski definition) is 3. The van der Waals surface area contributed by atoms with Gasteiger partial charge in [0, 0.05) is 18.8 Å². The highest BCUT2D eigenvalue weighted by Crippen LogP contribution is 2.26. The van der Waals surface area contributed by atoms with E-state index >= 15 is 0 Å². The van der Waals surface area contributed by atoms with Crippen LogP contribution < -0.4 is 20.8 Å². The molecule has 2 aromatic carbocycles. The van der Waals surface area contributed by atoms with Crippen molar-refractivity contribution < 1.29 is 14.3 Å². The molecule has 0 atom stereocenters. The van der Waals surface area contributed by atoms with Crippen molar-refractivity contribution >= 4 is 45.7 Å². The van der Waals surface area contributed by atoms with Gasteiger partial charge in [0.15, 0.2) is 0 Å². The quantitative estimate of drug-likeness (QED) is 0.640. The third kappa shape index (κ3) is 3.78. The molecule has 0 bridgehead atoms. The van der Waals surface area contributed by atoms with Crippen LogP contribution in [0.4, 0.5) is 11.4 Å². The largest absolute Gasteiger partial charge is 0.495 e. The molecule has 0 aliphatic rings. The van der Waals surface area contributed by atoms with Crippen LogP contribution in [0.1, 0.15) is 17.3 Å². The van der Waals surface area contributed by atoms with Crippen molar-refractivity contribution in [3.8, 4) is 5.75 Å². The first-order chi connectivity index (χ1) is 12.9. The number of amides is 2. The fourth-order valence-electron chi connectivity index (χ4n) is 2.65. The summed E-state index contributed by atoms with van der Waals surface area (Å²) in [5.41, 5.74) is 0.746. The third-order valence-electron chi connectivity index (χ3n) is 3.88. The molecule has 8 heteroatoms. The van der Waals surface area contributed by atoms with Gasteiger partial charge in [-0.05, 0) is 30.3 Å². The number of carbonyl (C=O) groups is 2. The molecule has 3 N–H and O–H groups in total. The van der Waals surface area contributed by atoms with Crippen LogP contribution in [0.3, 0.4) is 0 Å². The standard InChI is InChI=1S/C19H16ClN3O4/c1-10(24)22-11-6-7-14(20)15(8-11)23-19(26)13-9-21-17-12(18(13)25)4-3-5-16(17)27-2/h3-9H,1-2H3,(H,21,25)(H,22,24)(H,23,26). The van der Waals surface area contributed by atoms with Crippen LogP contribution in [0, 0.1) is 0 Å². The SMILES string of the molecule is COc1cccc2c(=O)c(C(=O)Nc3cc(NC(C)=O)ccc3Cl)c[nH]c12. The van der Waals surface area contributed by atoms with E-state index in [0.29, 0.717) is 22.3 Å². The van der Waals surface area contributed by atoms with Crippen LogP contribution in [-0.2, 0) is 4.79 Å². The Hall–Kier alpha value is -3.32. The van der Waals surface area contributed by atoms with Crippen LogP contribution in [0.15, 0.2) is 47.4 Å². The van der Waals surface area contributed by atoms with Crippen molar-refractivity contribution in [2.24, 2.45) is 0 Å². The Bertz CT molecular complexity index is 1110. The van der Waals surface area contributed by atoms with Crippen LogP contribution >= 0.6 is 11.6 Å². The van der Waals surface area contributed by atoms with E-state index < -0.39 is 11.3 Å². The van der Waals surface area contributed by atoms with Gasteiger partial charge in [0.05, 0.1) is 28.7 Å². The second kappa shape index (κ2) is 7.51. The van der Waals surface area contributed by atoms with E-state index in [-0.39, 0.29) is 22.2 Å². The number of methoxy groups -OCH3 is 1. The van der Waals surface area contributed by atoms with Gasteiger partial charge < -0.3 is 20.4 Å². The average Bonchev–Trinajstić information content (AvgIpc) is 2.64. The highest BCUT2D eigenvalue weighted by Gasteiger charge is 2.16. The van der Waals surface area contributed by atoms with Crippen LogP contribution in [0.5, 0.6) is 5.75 Å². The number of hydrogen-bond acceptors (Lipinski definition) is 4. The van der Waals surface area contributed by atoms with Crippen LogP contribution in [0.2, 0.25) is 5.02 Å². The van der Waals surface area contributed by atoms with E-state index in [4.69, 9.17) is 16.3 Å². The number of aromatic amines is 1. The summed E-state index contributed by atoms with van der Waals surface area (Å²) in [6.07, 6.45) is 1.33. The normalized spacial score (nSPS) is 10.5.